The van der Waals surface area contributed by atoms with Gasteiger partial charge in [0.25, 0.3) is 5.91 Å². The lowest BCUT2D eigenvalue weighted by Crippen LogP contribution is -2.41. The van der Waals surface area contributed by atoms with Crippen LogP contribution in [0.15, 0.2) is 41.3 Å². The monoisotopic (exact) mass is 572 g/mol. The lowest BCUT2D eigenvalue weighted by atomic mass is 9.98. The van der Waals surface area contributed by atoms with Crippen molar-refractivity contribution in [3.63, 3.8) is 0 Å². The Morgan fingerprint density at radius 3 is 2.29 bits per heavy atom. The molecule has 3 rings (SSSR count). The van der Waals surface area contributed by atoms with Crippen LogP contribution in [-0.4, -0.2) is 44.3 Å². The first-order valence-corrected chi connectivity index (χ1v) is 12.6. The van der Waals surface area contributed by atoms with Crippen molar-refractivity contribution in [3.05, 3.63) is 57.0 Å². The van der Waals surface area contributed by atoms with Gasteiger partial charge in [-0.3, -0.25) is 9.59 Å². The van der Waals surface area contributed by atoms with Gasteiger partial charge in [-0.05, 0) is 49.2 Å². The molecular weight excluding hydrogens is 556 g/mol. The van der Waals surface area contributed by atoms with Crippen LogP contribution in [0.3, 0.4) is 0 Å². The molecule has 1 saturated heterocycles. The number of carbonyl (C=O) groups is 2. The minimum atomic E-state index is -4.74. The summed E-state index contributed by atoms with van der Waals surface area (Å²) in [5.74, 6) is -2.05. The summed E-state index contributed by atoms with van der Waals surface area (Å²) in [4.78, 5) is 23.8. The van der Waals surface area contributed by atoms with Crippen LogP contribution in [-0.2, 0) is 30.5 Å². The van der Waals surface area contributed by atoms with E-state index in [2.05, 4.69) is 5.32 Å². The van der Waals surface area contributed by atoms with E-state index in [-0.39, 0.29) is 41.7 Å². The van der Waals surface area contributed by atoms with Crippen molar-refractivity contribution in [2.24, 2.45) is 5.92 Å². The Balaban J connectivity index is 1.57. The van der Waals surface area contributed by atoms with Gasteiger partial charge in [0.1, 0.15) is 4.90 Å². The Morgan fingerprint density at radius 2 is 1.66 bits per heavy atom. The lowest BCUT2D eigenvalue weighted by Gasteiger charge is -2.30. The molecule has 1 heterocycles. The number of piperidine rings is 1. The zero-order chi connectivity index (χ0) is 26.0. The number of ether oxygens (including phenoxy) is 1. The van der Waals surface area contributed by atoms with Gasteiger partial charge in [0.2, 0.25) is 10.0 Å². The number of halogens is 6. The lowest BCUT2D eigenvalue weighted by molar-refractivity contribution is -0.152. The molecular formula is C21H18Cl3F3N2O5S. The molecule has 0 aliphatic carbocycles. The van der Waals surface area contributed by atoms with Crippen molar-refractivity contribution in [1.29, 1.82) is 0 Å². The van der Waals surface area contributed by atoms with Crippen LogP contribution in [0, 0.1) is 5.92 Å². The molecule has 0 unspecified atom stereocenters. The smallest absolute Gasteiger partial charge is 0.416 e. The fourth-order valence-corrected chi connectivity index (χ4v) is 5.69. The van der Waals surface area contributed by atoms with E-state index in [9.17, 15) is 31.2 Å². The van der Waals surface area contributed by atoms with Crippen molar-refractivity contribution >= 4 is 62.4 Å². The maximum atomic E-state index is 13.0. The average molecular weight is 574 g/mol. The van der Waals surface area contributed by atoms with Gasteiger partial charge in [-0.25, -0.2) is 8.42 Å². The summed E-state index contributed by atoms with van der Waals surface area (Å²) in [6, 6.07) is 6.51. The third-order valence-electron chi connectivity index (χ3n) is 5.21. The largest absolute Gasteiger partial charge is 0.455 e. The Morgan fingerprint density at radius 1 is 1.03 bits per heavy atom. The quantitative estimate of drug-likeness (QED) is 0.477. The molecule has 2 aromatic carbocycles. The van der Waals surface area contributed by atoms with Gasteiger partial charge in [-0.15, -0.1) is 0 Å². The minimum absolute atomic E-state index is 0.0520. The number of alkyl halides is 3. The molecule has 7 nitrogen and oxygen atoms in total. The standard InChI is InChI=1S/C21H18Cl3F3N2O5S/c22-14-2-4-15(23)17(10-14)28-19(30)11-34-20(31)12-5-7-29(8-6-12)35(32,33)18-9-13(21(25,26)27)1-3-16(18)24/h1-4,9-10,12H,5-8,11H2,(H,28,30). The molecule has 14 heteroatoms. The van der Waals surface area contributed by atoms with Gasteiger partial charge >= 0.3 is 12.1 Å². The number of benzene rings is 2. The number of carbonyl (C=O) groups excluding carboxylic acids is 2. The van der Waals surface area contributed by atoms with Gasteiger partial charge in [0.15, 0.2) is 6.61 Å². The zero-order valence-electron chi connectivity index (χ0n) is 17.7. The van der Waals surface area contributed by atoms with E-state index < -0.39 is 51.1 Å². The van der Waals surface area contributed by atoms with Crippen LogP contribution in [0.25, 0.3) is 0 Å². The van der Waals surface area contributed by atoms with E-state index in [1.165, 1.54) is 18.2 Å². The van der Waals surface area contributed by atoms with Crippen LogP contribution in [0.4, 0.5) is 18.9 Å². The Bertz CT molecular complexity index is 1230. The second-order valence-electron chi connectivity index (χ2n) is 7.60. The van der Waals surface area contributed by atoms with Gasteiger partial charge in [0, 0.05) is 18.1 Å². The molecule has 1 fully saturated rings. The van der Waals surface area contributed by atoms with Crippen molar-refractivity contribution in [1.82, 2.24) is 4.31 Å². The molecule has 2 aromatic rings. The summed E-state index contributed by atoms with van der Waals surface area (Å²) in [5, 5.41) is 2.70. The van der Waals surface area contributed by atoms with E-state index in [1.807, 2.05) is 0 Å². The first-order chi connectivity index (χ1) is 16.3. The van der Waals surface area contributed by atoms with Crippen molar-refractivity contribution in [3.8, 4) is 0 Å². The molecule has 0 bridgehead atoms. The Kier molecular flexibility index (Phi) is 8.59. The van der Waals surface area contributed by atoms with Crippen LogP contribution in [0.5, 0.6) is 0 Å². The van der Waals surface area contributed by atoms with Gasteiger partial charge in [0.05, 0.1) is 27.2 Å². The van der Waals surface area contributed by atoms with Crippen molar-refractivity contribution < 1.29 is 35.9 Å². The highest BCUT2D eigenvalue weighted by molar-refractivity contribution is 7.89. The molecule has 1 N–H and O–H groups in total. The molecule has 35 heavy (non-hydrogen) atoms. The number of amides is 1. The molecule has 190 valence electrons. The van der Waals surface area contributed by atoms with Gasteiger partial charge < -0.3 is 10.1 Å². The highest BCUT2D eigenvalue weighted by Crippen LogP contribution is 2.35. The van der Waals surface area contributed by atoms with E-state index in [1.54, 1.807) is 0 Å². The number of hydrogen-bond donors (Lipinski definition) is 1. The third-order valence-corrected chi connectivity index (χ3v) is 8.16. The molecule has 1 amide bonds. The SMILES string of the molecule is O=C(COC(=O)C1CCN(S(=O)(=O)c2cc(C(F)(F)F)ccc2Cl)CC1)Nc1cc(Cl)ccc1Cl. The first kappa shape index (κ1) is 27.5. The zero-order valence-corrected chi connectivity index (χ0v) is 20.8. The van der Waals surface area contributed by atoms with Crippen LogP contribution < -0.4 is 5.32 Å². The molecule has 1 aliphatic rings. The summed E-state index contributed by atoms with van der Waals surface area (Å²) in [6.45, 7) is -0.877. The number of esters is 1. The number of sulfonamides is 1. The molecule has 0 aromatic heterocycles. The van der Waals surface area contributed by atoms with Crippen LogP contribution in [0.1, 0.15) is 18.4 Å². The molecule has 1 aliphatic heterocycles. The van der Waals surface area contributed by atoms with Crippen LogP contribution in [0.2, 0.25) is 15.1 Å². The predicted octanol–water partition coefficient (Wildman–Crippen LogP) is 5.25. The van der Waals surface area contributed by atoms with Crippen molar-refractivity contribution in [2.45, 2.75) is 23.9 Å². The Hall–Kier alpha value is -2.05. The summed E-state index contributed by atoms with van der Waals surface area (Å²) >= 11 is 17.7. The predicted molar refractivity (Wildman–Crippen MR) is 124 cm³/mol. The minimum Gasteiger partial charge on any atom is -0.455 e. The van der Waals surface area contributed by atoms with E-state index >= 15 is 0 Å². The fraction of sp³-hybridized carbons (Fsp3) is 0.333. The van der Waals surface area contributed by atoms with Crippen molar-refractivity contribution in [2.75, 3.05) is 25.0 Å². The number of rotatable bonds is 6. The highest BCUT2D eigenvalue weighted by atomic mass is 35.5. The maximum absolute atomic E-state index is 13.0. The topological polar surface area (TPSA) is 92.8 Å². The van der Waals surface area contributed by atoms with Gasteiger partial charge in [-0.1, -0.05) is 34.8 Å². The summed E-state index contributed by atoms with van der Waals surface area (Å²) in [5.41, 5.74) is -0.900. The molecule has 0 spiro atoms. The van der Waals surface area contributed by atoms with E-state index in [0.717, 1.165) is 10.4 Å². The summed E-state index contributed by atoms with van der Waals surface area (Å²) in [7, 11) is -4.33. The maximum Gasteiger partial charge on any atom is 0.416 e. The second-order valence-corrected chi connectivity index (χ2v) is 10.8. The van der Waals surface area contributed by atoms with Gasteiger partial charge in [-0.2, -0.15) is 17.5 Å². The number of anilines is 1. The number of nitrogens with zero attached hydrogens (tertiary/aromatic N) is 1. The number of hydrogen-bond acceptors (Lipinski definition) is 5. The second kappa shape index (κ2) is 10.9. The van der Waals surface area contributed by atoms with E-state index in [4.69, 9.17) is 39.5 Å². The average Bonchev–Trinajstić information content (AvgIpc) is 2.79. The van der Waals surface area contributed by atoms with E-state index in [0.29, 0.717) is 17.2 Å². The number of nitrogens with one attached hydrogen (secondary N) is 1. The fourth-order valence-electron chi connectivity index (χ4n) is 3.38. The molecule has 0 radical (unpaired) electrons. The first-order valence-electron chi connectivity index (χ1n) is 10.1. The Labute approximate surface area is 214 Å². The normalized spacial score (nSPS) is 15.6. The summed E-state index contributed by atoms with van der Waals surface area (Å²) < 4.78 is 70.8. The van der Waals surface area contributed by atoms with Crippen LogP contribution >= 0.6 is 34.8 Å². The highest BCUT2D eigenvalue weighted by Gasteiger charge is 2.37. The summed E-state index contributed by atoms with van der Waals surface area (Å²) in [6.07, 6.45) is -4.64. The molecule has 0 atom stereocenters. The molecule has 0 saturated carbocycles. The third kappa shape index (κ3) is 6.79.